The smallest absolute Gasteiger partial charge is 0.338 e. The van der Waals surface area contributed by atoms with E-state index >= 15 is 0 Å². The lowest BCUT2D eigenvalue weighted by Crippen LogP contribution is -2.18. The minimum atomic E-state index is -0.703. The lowest BCUT2D eigenvalue weighted by atomic mass is 10.2. The summed E-state index contributed by atoms with van der Waals surface area (Å²) in [6.45, 7) is 6.44. The maximum Gasteiger partial charge on any atom is 0.338 e. The van der Waals surface area contributed by atoms with E-state index in [0.717, 1.165) is 10.4 Å². The Morgan fingerprint density at radius 3 is 2.78 bits per heavy atom. The standard InChI is InChI=1S/C19H18N2O5S/c1-9-11(3)27-18-15(9)17(22)20-16(21-18)10(2)26-19(23)12-4-5-13-14(8-12)25-7-6-24-13/h4-5,8,10H,6-7H2,1-3H3,(H,20,21,22). The first-order valence-corrected chi connectivity index (χ1v) is 9.36. The minimum absolute atomic E-state index is 0.223. The van der Waals surface area contributed by atoms with Gasteiger partial charge >= 0.3 is 5.97 Å². The van der Waals surface area contributed by atoms with Crippen LogP contribution in [0.3, 0.4) is 0 Å². The van der Waals surface area contributed by atoms with Gasteiger partial charge in [0.05, 0.1) is 10.9 Å². The Morgan fingerprint density at radius 2 is 2.00 bits per heavy atom. The number of carbonyl (C=O) groups excluding carboxylic acids is 1. The number of H-pyrrole nitrogens is 1. The average Bonchev–Trinajstić information content (AvgIpc) is 2.95. The Balaban J connectivity index is 1.58. The molecular formula is C19H18N2O5S. The van der Waals surface area contributed by atoms with Crippen LogP contribution in [0.1, 0.15) is 39.7 Å². The molecule has 0 fully saturated rings. The van der Waals surface area contributed by atoms with Gasteiger partial charge in [0.25, 0.3) is 5.56 Å². The summed E-state index contributed by atoms with van der Waals surface area (Å²) in [6, 6.07) is 4.89. The van der Waals surface area contributed by atoms with Crippen LogP contribution in [0.25, 0.3) is 10.2 Å². The van der Waals surface area contributed by atoms with Gasteiger partial charge in [-0.25, -0.2) is 9.78 Å². The van der Waals surface area contributed by atoms with Crippen LogP contribution < -0.4 is 15.0 Å². The maximum absolute atomic E-state index is 12.5. The largest absolute Gasteiger partial charge is 0.486 e. The van der Waals surface area contributed by atoms with Crippen molar-refractivity contribution in [2.24, 2.45) is 0 Å². The molecule has 3 heterocycles. The van der Waals surface area contributed by atoms with E-state index in [9.17, 15) is 9.59 Å². The molecule has 1 aliphatic heterocycles. The number of thiophene rings is 1. The monoisotopic (exact) mass is 386 g/mol. The molecule has 7 nitrogen and oxygen atoms in total. The Labute approximate surface area is 158 Å². The Hall–Kier alpha value is -2.87. The van der Waals surface area contributed by atoms with Crippen molar-refractivity contribution in [3.8, 4) is 11.5 Å². The molecule has 1 N–H and O–H groups in total. The van der Waals surface area contributed by atoms with Crippen molar-refractivity contribution >= 4 is 27.5 Å². The number of hydrogen-bond acceptors (Lipinski definition) is 7. The maximum atomic E-state index is 12.5. The van der Waals surface area contributed by atoms with Crippen LogP contribution in [0, 0.1) is 13.8 Å². The first kappa shape index (κ1) is 17.5. The van der Waals surface area contributed by atoms with Gasteiger partial charge in [-0.3, -0.25) is 4.79 Å². The third kappa shape index (κ3) is 3.16. The summed E-state index contributed by atoms with van der Waals surface area (Å²) in [6.07, 6.45) is -0.703. The number of aromatic nitrogens is 2. The molecule has 1 unspecified atom stereocenters. The normalized spacial score (nSPS) is 14.2. The predicted molar refractivity (Wildman–Crippen MR) is 101 cm³/mol. The molecule has 0 spiro atoms. The first-order chi connectivity index (χ1) is 12.9. The lowest BCUT2D eigenvalue weighted by molar-refractivity contribution is 0.0319. The van der Waals surface area contributed by atoms with Crippen LogP contribution in [0.4, 0.5) is 0 Å². The van der Waals surface area contributed by atoms with Gasteiger partial charge < -0.3 is 19.2 Å². The van der Waals surface area contributed by atoms with Crippen molar-refractivity contribution in [2.75, 3.05) is 13.2 Å². The highest BCUT2D eigenvalue weighted by Crippen LogP contribution is 2.31. The summed E-state index contributed by atoms with van der Waals surface area (Å²) in [7, 11) is 0. The molecule has 8 heteroatoms. The van der Waals surface area contributed by atoms with Crippen LogP contribution in [0.15, 0.2) is 23.0 Å². The number of fused-ring (bicyclic) bond motifs is 2. The van der Waals surface area contributed by atoms with Gasteiger partial charge in [-0.05, 0) is 44.5 Å². The number of benzene rings is 1. The van der Waals surface area contributed by atoms with Crippen molar-refractivity contribution in [1.29, 1.82) is 0 Å². The number of aromatic amines is 1. The highest BCUT2D eigenvalue weighted by Gasteiger charge is 2.21. The third-order valence-corrected chi connectivity index (χ3v) is 5.61. The van der Waals surface area contributed by atoms with Gasteiger partial charge in [0, 0.05) is 4.88 Å². The number of nitrogens with one attached hydrogen (secondary N) is 1. The Morgan fingerprint density at radius 1 is 1.26 bits per heavy atom. The predicted octanol–water partition coefficient (Wildman–Crippen LogP) is 3.29. The fourth-order valence-corrected chi connectivity index (χ4v) is 3.96. The van der Waals surface area contributed by atoms with E-state index in [0.29, 0.717) is 46.3 Å². The van der Waals surface area contributed by atoms with E-state index in [4.69, 9.17) is 14.2 Å². The number of nitrogens with zero attached hydrogens (tertiary/aromatic N) is 1. The molecule has 1 aliphatic rings. The van der Waals surface area contributed by atoms with Gasteiger partial charge in [-0.15, -0.1) is 11.3 Å². The lowest BCUT2D eigenvalue weighted by Gasteiger charge is -2.19. The third-order valence-electron chi connectivity index (χ3n) is 4.50. The van der Waals surface area contributed by atoms with Crippen LogP contribution in [0.5, 0.6) is 11.5 Å². The number of rotatable bonds is 3. The second kappa shape index (κ2) is 6.70. The van der Waals surface area contributed by atoms with Gasteiger partial charge in [-0.2, -0.15) is 0 Å². The molecule has 1 aromatic carbocycles. The molecule has 0 aliphatic carbocycles. The number of esters is 1. The van der Waals surface area contributed by atoms with Gasteiger partial charge in [0.1, 0.15) is 18.0 Å². The summed E-state index contributed by atoms with van der Waals surface area (Å²) in [4.78, 5) is 33.8. The highest BCUT2D eigenvalue weighted by atomic mass is 32.1. The van der Waals surface area contributed by atoms with Gasteiger partial charge in [0.2, 0.25) is 0 Å². The van der Waals surface area contributed by atoms with Crippen molar-refractivity contribution in [1.82, 2.24) is 9.97 Å². The molecule has 3 aromatic rings. The summed E-state index contributed by atoms with van der Waals surface area (Å²) in [5.41, 5.74) is 1.05. The minimum Gasteiger partial charge on any atom is -0.486 e. The second-order valence-corrected chi connectivity index (χ2v) is 7.52. The van der Waals surface area contributed by atoms with Crippen LogP contribution in [-0.2, 0) is 4.74 Å². The zero-order chi connectivity index (χ0) is 19.1. The number of hydrogen-bond donors (Lipinski definition) is 1. The number of ether oxygens (including phenoxy) is 3. The van der Waals surface area contributed by atoms with Crippen LogP contribution >= 0.6 is 11.3 Å². The van der Waals surface area contributed by atoms with E-state index < -0.39 is 12.1 Å². The Kier molecular flexibility index (Phi) is 4.35. The number of aryl methyl sites for hydroxylation is 2. The van der Waals surface area contributed by atoms with E-state index in [1.807, 2.05) is 13.8 Å². The van der Waals surface area contributed by atoms with Crippen LogP contribution in [0.2, 0.25) is 0 Å². The summed E-state index contributed by atoms with van der Waals surface area (Å²) < 4.78 is 16.4. The molecule has 2 aromatic heterocycles. The van der Waals surface area contributed by atoms with E-state index in [1.165, 1.54) is 11.3 Å². The summed E-state index contributed by atoms with van der Waals surface area (Å²) in [5, 5.41) is 0.589. The van der Waals surface area contributed by atoms with E-state index in [-0.39, 0.29) is 5.56 Å². The topological polar surface area (TPSA) is 90.5 Å². The van der Waals surface area contributed by atoms with Crippen molar-refractivity contribution in [2.45, 2.75) is 26.9 Å². The molecule has 0 amide bonds. The molecule has 4 rings (SSSR count). The molecule has 0 saturated heterocycles. The number of carbonyl (C=O) groups is 1. The Bertz CT molecular complexity index is 1100. The molecule has 0 bridgehead atoms. The van der Waals surface area contributed by atoms with Crippen molar-refractivity contribution < 1.29 is 19.0 Å². The van der Waals surface area contributed by atoms with E-state index in [1.54, 1.807) is 25.1 Å². The van der Waals surface area contributed by atoms with E-state index in [2.05, 4.69) is 9.97 Å². The van der Waals surface area contributed by atoms with Gasteiger partial charge in [-0.1, -0.05) is 0 Å². The van der Waals surface area contributed by atoms with Crippen molar-refractivity contribution in [3.63, 3.8) is 0 Å². The summed E-state index contributed by atoms with van der Waals surface area (Å²) >= 11 is 1.45. The molecule has 27 heavy (non-hydrogen) atoms. The molecule has 0 radical (unpaired) electrons. The average molecular weight is 386 g/mol. The SMILES string of the molecule is Cc1sc2nc(C(C)OC(=O)c3ccc4c(c3)OCCO4)[nH]c(=O)c2c1C. The molecule has 0 saturated carbocycles. The molecular weight excluding hydrogens is 368 g/mol. The van der Waals surface area contributed by atoms with Crippen LogP contribution in [-0.4, -0.2) is 29.2 Å². The molecule has 140 valence electrons. The molecule has 1 atom stereocenters. The van der Waals surface area contributed by atoms with Gasteiger partial charge in [0.15, 0.2) is 23.4 Å². The first-order valence-electron chi connectivity index (χ1n) is 8.54. The highest BCUT2D eigenvalue weighted by molar-refractivity contribution is 7.18. The zero-order valence-corrected chi connectivity index (χ0v) is 15.9. The zero-order valence-electron chi connectivity index (χ0n) is 15.1. The fourth-order valence-electron chi connectivity index (χ4n) is 2.92. The summed E-state index contributed by atoms with van der Waals surface area (Å²) in [5.74, 6) is 0.909. The van der Waals surface area contributed by atoms with Crippen molar-refractivity contribution in [3.05, 3.63) is 50.4 Å². The quantitative estimate of drug-likeness (QED) is 0.695. The second-order valence-electron chi connectivity index (χ2n) is 6.32. The fraction of sp³-hybridized carbons (Fsp3) is 0.316.